The second kappa shape index (κ2) is 8.29. The fourth-order valence-electron chi connectivity index (χ4n) is 2.32. The Morgan fingerprint density at radius 3 is 2.39 bits per heavy atom. The van der Waals surface area contributed by atoms with Crippen LogP contribution in [0.3, 0.4) is 0 Å². The summed E-state index contributed by atoms with van der Waals surface area (Å²) in [4.78, 5) is 29.2. The molecule has 2 aromatic rings. The van der Waals surface area contributed by atoms with E-state index in [0.29, 0.717) is 5.52 Å². The SMILES string of the molecule is Nc1ncnc2c1ncn2[C@@H]1O[C@H](COP(=O)(O)O)C(O)C1O.O=S(=O)(O)O. The topological polar surface area (TPSA) is 261 Å². The number of nitrogen functional groups attached to an aromatic ring is 1. The third kappa shape index (κ3) is 5.85. The highest BCUT2D eigenvalue weighted by Gasteiger charge is 2.45. The van der Waals surface area contributed by atoms with Gasteiger partial charge in [0.1, 0.15) is 30.2 Å². The monoisotopic (exact) mass is 445 g/mol. The Morgan fingerprint density at radius 2 is 1.82 bits per heavy atom. The Balaban J connectivity index is 0.000000500. The summed E-state index contributed by atoms with van der Waals surface area (Å²) in [5.41, 5.74) is 6.25. The summed E-state index contributed by atoms with van der Waals surface area (Å²) in [6.45, 7) is -0.594. The first kappa shape index (κ1) is 22.5. The number of hydrogen-bond acceptors (Lipinski definition) is 11. The second-order valence-corrected chi connectivity index (χ2v) is 7.50. The van der Waals surface area contributed by atoms with Crippen molar-refractivity contribution < 1.29 is 51.3 Å². The Hall–Kier alpha value is -1.79. The van der Waals surface area contributed by atoms with Gasteiger partial charge in [-0.1, -0.05) is 0 Å². The van der Waals surface area contributed by atoms with Gasteiger partial charge in [-0.3, -0.25) is 18.2 Å². The van der Waals surface area contributed by atoms with Crippen LogP contribution in [0.4, 0.5) is 5.82 Å². The van der Waals surface area contributed by atoms with E-state index >= 15 is 0 Å². The maximum Gasteiger partial charge on any atom is 0.469 e. The maximum atomic E-state index is 10.7. The first-order valence-electron chi connectivity index (χ1n) is 7.12. The van der Waals surface area contributed by atoms with Crippen molar-refractivity contribution >= 4 is 35.2 Å². The first-order chi connectivity index (χ1) is 12.8. The fraction of sp³-hybridized carbons (Fsp3) is 0.500. The third-order valence-electron chi connectivity index (χ3n) is 3.41. The molecule has 1 fully saturated rings. The highest BCUT2D eigenvalue weighted by molar-refractivity contribution is 7.79. The molecule has 4 atom stereocenters. The van der Waals surface area contributed by atoms with Crippen LogP contribution in [-0.4, -0.2) is 82.0 Å². The number of phosphoric ester groups is 1. The lowest BCUT2D eigenvalue weighted by atomic mass is 10.1. The normalized spacial score (nSPS) is 25.5. The summed E-state index contributed by atoms with van der Waals surface area (Å²) in [5.74, 6) is 0.142. The smallest absolute Gasteiger partial charge is 0.387 e. The molecule has 0 aromatic carbocycles. The summed E-state index contributed by atoms with van der Waals surface area (Å²) in [5, 5.41) is 20.1. The molecule has 0 radical (unpaired) electrons. The lowest BCUT2D eigenvalue weighted by molar-refractivity contribution is -0.0504. The van der Waals surface area contributed by atoms with E-state index in [1.807, 2.05) is 0 Å². The molecular weight excluding hydrogens is 429 g/mol. The fourth-order valence-corrected chi connectivity index (χ4v) is 2.66. The van der Waals surface area contributed by atoms with E-state index in [0.717, 1.165) is 0 Å². The molecule has 0 saturated carbocycles. The molecule has 0 spiro atoms. The van der Waals surface area contributed by atoms with Crippen LogP contribution in [0.1, 0.15) is 6.23 Å². The summed E-state index contributed by atoms with van der Waals surface area (Å²) >= 11 is 0. The van der Waals surface area contributed by atoms with Crippen LogP contribution >= 0.6 is 7.82 Å². The molecule has 158 valence electrons. The van der Waals surface area contributed by atoms with Gasteiger partial charge in [0.15, 0.2) is 17.7 Å². The molecule has 1 saturated heterocycles. The molecule has 0 bridgehead atoms. The third-order valence-corrected chi connectivity index (χ3v) is 3.89. The molecule has 3 rings (SSSR count). The van der Waals surface area contributed by atoms with Crippen LogP contribution in [0.15, 0.2) is 12.7 Å². The Labute approximate surface area is 156 Å². The quantitative estimate of drug-likeness (QED) is 0.189. The lowest BCUT2D eigenvalue weighted by Gasteiger charge is -2.16. The Bertz CT molecular complexity index is 969. The molecule has 0 amide bonds. The number of aliphatic hydroxyl groups is 2. The zero-order chi connectivity index (χ0) is 21.3. The van der Waals surface area contributed by atoms with E-state index in [4.69, 9.17) is 37.8 Å². The number of anilines is 1. The van der Waals surface area contributed by atoms with Gasteiger partial charge in [-0.25, -0.2) is 19.5 Å². The average molecular weight is 445 g/mol. The lowest BCUT2D eigenvalue weighted by Crippen LogP contribution is -2.33. The van der Waals surface area contributed by atoms with E-state index in [-0.39, 0.29) is 11.5 Å². The summed E-state index contributed by atoms with van der Waals surface area (Å²) in [7, 11) is -9.39. The summed E-state index contributed by atoms with van der Waals surface area (Å²) < 4.78 is 53.4. The Kier molecular flexibility index (Phi) is 6.66. The van der Waals surface area contributed by atoms with E-state index in [1.165, 1.54) is 17.2 Å². The van der Waals surface area contributed by atoms with Gasteiger partial charge in [0.05, 0.1) is 12.9 Å². The highest BCUT2D eigenvalue weighted by Crippen LogP contribution is 2.38. The van der Waals surface area contributed by atoms with Crippen molar-refractivity contribution in [2.45, 2.75) is 24.5 Å². The number of aromatic nitrogens is 4. The van der Waals surface area contributed by atoms with Crippen molar-refractivity contribution in [1.29, 1.82) is 0 Å². The van der Waals surface area contributed by atoms with E-state index in [9.17, 15) is 14.8 Å². The molecule has 1 aliphatic rings. The molecule has 18 heteroatoms. The standard InChI is InChI=1S/C10H14N5O7P.H2O4S/c11-8-5-9(13-2-12-8)15(3-14-5)10-7(17)6(16)4(22-10)1-21-23(18,19)20;1-5(2,3)4/h2-4,6-7,10,16-17H,1H2,(H2,11,12,13)(H2,18,19,20);(H2,1,2,3,4)/t4-,6?,7?,10-;/m1./s1. The Morgan fingerprint density at radius 1 is 1.21 bits per heavy atom. The predicted molar refractivity (Wildman–Crippen MR) is 87.8 cm³/mol. The minimum Gasteiger partial charge on any atom is -0.387 e. The van der Waals surface area contributed by atoms with E-state index in [1.54, 1.807) is 0 Å². The highest BCUT2D eigenvalue weighted by atomic mass is 32.3. The van der Waals surface area contributed by atoms with Crippen LogP contribution < -0.4 is 5.73 Å². The number of ether oxygens (including phenoxy) is 1. The molecule has 2 aromatic heterocycles. The average Bonchev–Trinajstić information content (AvgIpc) is 3.07. The summed E-state index contributed by atoms with van der Waals surface area (Å²) in [6, 6.07) is 0. The molecule has 0 aliphatic carbocycles. The van der Waals surface area contributed by atoms with Crippen molar-refractivity contribution in [1.82, 2.24) is 19.5 Å². The number of phosphoric acid groups is 1. The van der Waals surface area contributed by atoms with Gasteiger partial charge in [-0.2, -0.15) is 8.42 Å². The molecule has 28 heavy (non-hydrogen) atoms. The predicted octanol–water partition coefficient (Wildman–Crippen LogP) is -2.52. The van der Waals surface area contributed by atoms with E-state index < -0.39 is 49.4 Å². The van der Waals surface area contributed by atoms with Crippen molar-refractivity contribution in [2.75, 3.05) is 12.3 Å². The van der Waals surface area contributed by atoms with Crippen molar-refractivity contribution in [3.8, 4) is 0 Å². The van der Waals surface area contributed by atoms with Crippen LogP contribution in [0.25, 0.3) is 11.2 Å². The van der Waals surface area contributed by atoms with E-state index in [2.05, 4.69) is 19.5 Å². The van der Waals surface area contributed by atoms with Gasteiger partial charge in [0, 0.05) is 0 Å². The number of imidazole rings is 1. The van der Waals surface area contributed by atoms with Crippen LogP contribution in [-0.2, 0) is 24.2 Å². The zero-order valence-electron chi connectivity index (χ0n) is 13.6. The molecule has 16 nitrogen and oxygen atoms in total. The van der Waals surface area contributed by atoms with Gasteiger partial charge in [0.25, 0.3) is 0 Å². The number of nitrogens with two attached hydrogens (primary N) is 1. The van der Waals surface area contributed by atoms with Crippen molar-refractivity contribution in [3.05, 3.63) is 12.7 Å². The van der Waals surface area contributed by atoms with Crippen LogP contribution in [0.2, 0.25) is 0 Å². The van der Waals surface area contributed by atoms with Gasteiger partial charge in [0.2, 0.25) is 0 Å². The summed E-state index contributed by atoms with van der Waals surface area (Å²) in [6.07, 6.45) is -2.49. The van der Waals surface area contributed by atoms with Crippen LogP contribution in [0.5, 0.6) is 0 Å². The zero-order valence-corrected chi connectivity index (χ0v) is 15.3. The largest absolute Gasteiger partial charge is 0.469 e. The number of nitrogens with zero attached hydrogens (tertiary/aromatic N) is 4. The minimum atomic E-state index is -4.72. The molecule has 3 heterocycles. The van der Waals surface area contributed by atoms with Crippen LogP contribution in [0, 0.1) is 0 Å². The number of rotatable bonds is 4. The van der Waals surface area contributed by atoms with Crippen molar-refractivity contribution in [2.24, 2.45) is 0 Å². The van der Waals surface area contributed by atoms with Gasteiger partial charge in [-0.05, 0) is 0 Å². The minimum absolute atomic E-state index is 0.142. The second-order valence-electron chi connectivity index (χ2n) is 5.36. The number of fused-ring (bicyclic) bond motifs is 1. The maximum absolute atomic E-state index is 10.7. The molecule has 8 N–H and O–H groups in total. The van der Waals surface area contributed by atoms with Gasteiger partial charge in [-0.15, -0.1) is 0 Å². The van der Waals surface area contributed by atoms with Crippen molar-refractivity contribution in [3.63, 3.8) is 0 Å². The van der Waals surface area contributed by atoms with Gasteiger partial charge < -0.3 is 30.5 Å². The first-order valence-corrected chi connectivity index (χ1v) is 10.0. The molecule has 1 aliphatic heterocycles. The number of hydrogen-bond donors (Lipinski definition) is 7. The molecule has 2 unspecified atom stereocenters. The van der Waals surface area contributed by atoms with Gasteiger partial charge >= 0.3 is 18.2 Å². The molecular formula is C10H16N5O11PS. The number of aliphatic hydroxyl groups excluding tert-OH is 2.